The van der Waals surface area contributed by atoms with E-state index in [9.17, 15) is 9.59 Å². The summed E-state index contributed by atoms with van der Waals surface area (Å²) in [7, 11) is 1.53. The second kappa shape index (κ2) is 9.79. The van der Waals surface area contributed by atoms with Crippen molar-refractivity contribution in [3.8, 4) is 5.75 Å². The molecule has 138 valence electrons. The molecule has 0 aromatic heterocycles. The molecule has 1 amide bonds. The first-order valence-electron chi connectivity index (χ1n) is 7.99. The van der Waals surface area contributed by atoms with Crippen LogP contribution in [0, 0.1) is 0 Å². The first kappa shape index (κ1) is 19.8. The second-order valence-electron chi connectivity index (χ2n) is 5.41. The highest BCUT2D eigenvalue weighted by atomic mass is 35.5. The molecule has 0 bridgehead atoms. The summed E-state index contributed by atoms with van der Waals surface area (Å²) in [6.07, 6.45) is -0.763. The lowest BCUT2D eigenvalue weighted by Crippen LogP contribution is -2.27. The zero-order valence-electron chi connectivity index (χ0n) is 14.5. The van der Waals surface area contributed by atoms with Gasteiger partial charge in [-0.3, -0.25) is 4.79 Å². The van der Waals surface area contributed by atoms with E-state index in [2.05, 4.69) is 5.32 Å². The average molecular weight is 378 g/mol. The number of ether oxygens (including phenoxy) is 3. The van der Waals surface area contributed by atoms with E-state index in [1.54, 1.807) is 55.5 Å². The highest BCUT2D eigenvalue weighted by Crippen LogP contribution is 2.17. The van der Waals surface area contributed by atoms with Crippen molar-refractivity contribution in [2.75, 3.05) is 25.6 Å². The third kappa shape index (κ3) is 6.06. The quantitative estimate of drug-likeness (QED) is 0.562. The minimum absolute atomic E-state index is 0.173. The van der Waals surface area contributed by atoms with Gasteiger partial charge in [-0.2, -0.15) is 0 Å². The summed E-state index contributed by atoms with van der Waals surface area (Å²) in [6, 6.07) is 13.3. The van der Waals surface area contributed by atoms with E-state index in [-0.39, 0.29) is 12.5 Å². The number of benzene rings is 2. The molecule has 2 aromatic rings. The zero-order valence-corrected chi connectivity index (χ0v) is 15.3. The molecular formula is C19H20ClNO5. The summed E-state index contributed by atoms with van der Waals surface area (Å²) in [5.41, 5.74) is 1.11. The molecule has 1 N–H and O–H groups in total. The highest BCUT2D eigenvalue weighted by molar-refractivity contribution is 6.30. The summed E-state index contributed by atoms with van der Waals surface area (Å²) in [4.78, 5) is 24.0. The number of carbonyl (C=O) groups is 2. The monoisotopic (exact) mass is 377 g/mol. The van der Waals surface area contributed by atoms with E-state index >= 15 is 0 Å². The van der Waals surface area contributed by atoms with Gasteiger partial charge in [0.2, 0.25) is 0 Å². The Kier molecular flexibility index (Phi) is 7.44. The Morgan fingerprint density at radius 1 is 1.04 bits per heavy atom. The Morgan fingerprint density at radius 2 is 1.69 bits per heavy atom. The summed E-state index contributed by atoms with van der Waals surface area (Å²) >= 11 is 5.82. The minimum Gasteiger partial charge on any atom is -0.479 e. The van der Waals surface area contributed by atoms with Crippen LogP contribution < -0.4 is 10.1 Å². The first-order chi connectivity index (χ1) is 12.5. The third-order valence-corrected chi connectivity index (χ3v) is 3.65. The number of methoxy groups -OCH3 is 1. The fraction of sp³-hybridized carbons (Fsp3) is 0.263. The van der Waals surface area contributed by atoms with Crippen molar-refractivity contribution >= 4 is 29.2 Å². The van der Waals surface area contributed by atoms with Gasteiger partial charge in [-0.25, -0.2) is 4.79 Å². The lowest BCUT2D eigenvalue weighted by molar-refractivity contribution is -0.152. The Bertz CT molecular complexity index is 731. The molecule has 26 heavy (non-hydrogen) atoms. The van der Waals surface area contributed by atoms with Gasteiger partial charge in [0, 0.05) is 23.4 Å². The van der Waals surface area contributed by atoms with Crippen LogP contribution >= 0.6 is 11.6 Å². The van der Waals surface area contributed by atoms with E-state index in [4.69, 9.17) is 25.8 Å². The van der Waals surface area contributed by atoms with Crippen LogP contribution in [0.4, 0.5) is 5.69 Å². The van der Waals surface area contributed by atoms with Crippen molar-refractivity contribution in [1.82, 2.24) is 0 Å². The van der Waals surface area contributed by atoms with Crippen molar-refractivity contribution in [2.24, 2.45) is 0 Å². The van der Waals surface area contributed by atoms with E-state index in [0.717, 1.165) is 0 Å². The normalized spacial score (nSPS) is 11.5. The number of amides is 1. The third-order valence-electron chi connectivity index (χ3n) is 3.40. The van der Waals surface area contributed by atoms with E-state index in [0.29, 0.717) is 28.6 Å². The topological polar surface area (TPSA) is 73.9 Å². The molecule has 2 rings (SSSR count). The van der Waals surface area contributed by atoms with Crippen LogP contribution in [0.1, 0.15) is 17.3 Å². The Labute approximate surface area is 157 Å². The van der Waals surface area contributed by atoms with Crippen molar-refractivity contribution < 1.29 is 23.8 Å². The lowest BCUT2D eigenvalue weighted by Gasteiger charge is -2.14. The van der Waals surface area contributed by atoms with Gasteiger partial charge in [-0.05, 0) is 55.5 Å². The van der Waals surface area contributed by atoms with Crippen molar-refractivity contribution in [3.05, 3.63) is 59.1 Å². The molecule has 0 radical (unpaired) electrons. The molecule has 6 nitrogen and oxygen atoms in total. The van der Waals surface area contributed by atoms with Crippen LogP contribution in [0.3, 0.4) is 0 Å². The van der Waals surface area contributed by atoms with Crippen LogP contribution in [0.5, 0.6) is 5.75 Å². The number of rotatable bonds is 8. The van der Waals surface area contributed by atoms with E-state index in [1.807, 2.05) is 0 Å². The van der Waals surface area contributed by atoms with Crippen molar-refractivity contribution in [1.29, 1.82) is 0 Å². The SMILES string of the molecule is COCCOC(=O)C(C)Oc1ccc(C(=O)Nc2ccc(Cl)cc2)cc1. The maximum absolute atomic E-state index is 12.2. The van der Waals surface area contributed by atoms with Crippen LogP contribution in [0.15, 0.2) is 48.5 Å². The maximum Gasteiger partial charge on any atom is 0.347 e. The predicted molar refractivity (Wildman–Crippen MR) is 98.8 cm³/mol. The van der Waals surface area contributed by atoms with Gasteiger partial charge in [0.15, 0.2) is 6.10 Å². The van der Waals surface area contributed by atoms with Gasteiger partial charge < -0.3 is 19.5 Å². The largest absolute Gasteiger partial charge is 0.479 e. The molecule has 0 spiro atoms. The van der Waals surface area contributed by atoms with Gasteiger partial charge in [0.1, 0.15) is 12.4 Å². The summed E-state index contributed by atoms with van der Waals surface area (Å²) in [6.45, 7) is 2.10. The van der Waals surface area contributed by atoms with Crippen LogP contribution in [0.25, 0.3) is 0 Å². The van der Waals surface area contributed by atoms with Gasteiger partial charge >= 0.3 is 5.97 Å². The molecule has 0 aliphatic rings. The number of carbonyl (C=O) groups excluding carboxylic acids is 2. The van der Waals surface area contributed by atoms with Gasteiger partial charge in [-0.15, -0.1) is 0 Å². The Hall–Kier alpha value is -2.57. The molecule has 0 saturated carbocycles. The molecule has 0 fully saturated rings. The summed E-state index contributed by atoms with van der Waals surface area (Å²) in [5.74, 6) is -0.276. The molecule has 0 aliphatic heterocycles. The molecule has 0 saturated heterocycles. The fourth-order valence-corrected chi connectivity index (χ4v) is 2.14. The number of anilines is 1. The Balaban J connectivity index is 1.89. The standard InChI is InChI=1S/C19H20ClNO5/c1-13(19(23)25-12-11-24-2)26-17-9-3-14(4-10-17)18(22)21-16-7-5-15(20)6-8-16/h3-10,13H,11-12H2,1-2H3,(H,21,22). The second-order valence-corrected chi connectivity index (χ2v) is 5.84. The van der Waals surface area contributed by atoms with E-state index in [1.165, 1.54) is 7.11 Å². The number of halogens is 1. The number of esters is 1. The highest BCUT2D eigenvalue weighted by Gasteiger charge is 2.16. The molecule has 7 heteroatoms. The van der Waals surface area contributed by atoms with Crippen LogP contribution in [-0.2, 0) is 14.3 Å². The molecule has 0 aliphatic carbocycles. The Morgan fingerprint density at radius 3 is 2.31 bits per heavy atom. The molecule has 2 aromatic carbocycles. The first-order valence-corrected chi connectivity index (χ1v) is 8.36. The van der Waals surface area contributed by atoms with Gasteiger partial charge in [0.05, 0.1) is 6.61 Å². The average Bonchev–Trinajstić information content (AvgIpc) is 2.64. The number of nitrogens with one attached hydrogen (secondary N) is 1. The van der Waals surface area contributed by atoms with Crippen molar-refractivity contribution in [3.63, 3.8) is 0 Å². The molecule has 0 heterocycles. The van der Waals surface area contributed by atoms with E-state index < -0.39 is 12.1 Å². The minimum atomic E-state index is -0.763. The zero-order chi connectivity index (χ0) is 18.9. The summed E-state index contributed by atoms with van der Waals surface area (Å²) < 4.78 is 15.3. The molecular weight excluding hydrogens is 358 g/mol. The van der Waals surface area contributed by atoms with Crippen molar-refractivity contribution in [2.45, 2.75) is 13.0 Å². The fourth-order valence-electron chi connectivity index (χ4n) is 2.02. The van der Waals surface area contributed by atoms with Gasteiger partial charge in [0.25, 0.3) is 5.91 Å². The van der Waals surface area contributed by atoms with Gasteiger partial charge in [-0.1, -0.05) is 11.6 Å². The number of hydrogen-bond donors (Lipinski definition) is 1. The van der Waals surface area contributed by atoms with Crippen LogP contribution in [-0.4, -0.2) is 38.3 Å². The smallest absolute Gasteiger partial charge is 0.347 e. The maximum atomic E-state index is 12.2. The lowest BCUT2D eigenvalue weighted by atomic mass is 10.2. The van der Waals surface area contributed by atoms with Crippen LogP contribution in [0.2, 0.25) is 5.02 Å². The molecule has 1 atom stereocenters. The predicted octanol–water partition coefficient (Wildman–Crippen LogP) is 3.55. The summed E-state index contributed by atoms with van der Waals surface area (Å²) in [5, 5.41) is 3.36. The molecule has 1 unspecified atom stereocenters. The number of hydrogen-bond acceptors (Lipinski definition) is 5.